The number of piperazine rings is 2. The van der Waals surface area contributed by atoms with Crippen LogP contribution in [0.3, 0.4) is 0 Å². The molecule has 0 spiro atoms. The van der Waals surface area contributed by atoms with Gasteiger partial charge in [-0.15, -0.1) is 11.6 Å². The fourth-order valence-corrected chi connectivity index (χ4v) is 3.69. The second kappa shape index (κ2) is 11.1. The molecular formula is C22H27ClF2N4O. The maximum Gasteiger partial charge on any atom is 0.237 e. The molecule has 1 amide bonds. The minimum Gasteiger partial charge on any atom is -0.369 e. The molecule has 0 unspecified atom stereocenters. The molecule has 2 saturated heterocycles. The van der Waals surface area contributed by atoms with E-state index in [1.54, 1.807) is 17.0 Å². The number of carbonyl (C=O) groups excluding carboxylic acids is 1. The summed E-state index contributed by atoms with van der Waals surface area (Å²) in [6.45, 7) is 6.89. The highest BCUT2D eigenvalue weighted by Crippen LogP contribution is 2.17. The number of rotatable bonds is 3. The first-order valence-corrected chi connectivity index (χ1v) is 10.7. The molecule has 2 aromatic rings. The van der Waals surface area contributed by atoms with E-state index in [-0.39, 0.29) is 23.4 Å². The fourth-order valence-electron chi connectivity index (χ4n) is 3.53. The highest BCUT2D eigenvalue weighted by molar-refractivity contribution is 6.27. The van der Waals surface area contributed by atoms with E-state index in [9.17, 15) is 13.6 Å². The van der Waals surface area contributed by atoms with Gasteiger partial charge in [-0.25, -0.2) is 8.78 Å². The molecule has 8 heteroatoms. The van der Waals surface area contributed by atoms with Crippen molar-refractivity contribution in [2.75, 3.05) is 68.0 Å². The lowest BCUT2D eigenvalue weighted by Gasteiger charge is -2.35. The molecule has 2 aliphatic rings. The second-order valence-electron chi connectivity index (χ2n) is 7.19. The molecule has 0 radical (unpaired) electrons. The first-order valence-electron chi connectivity index (χ1n) is 10.1. The zero-order valence-electron chi connectivity index (χ0n) is 16.9. The monoisotopic (exact) mass is 436 g/mol. The van der Waals surface area contributed by atoms with Crippen LogP contribution in [0.5, 0.6) is 0 Å². The van der Waals surface area contributed by atoms with Crippen molar-refractivity contribution in [2.45, 2.75) is 0 Å². The third kappa shape index (κ3) is 6.31. The van der Waals surface area contributed by atoms with Crippen LogP contribution in [-0.4, -0.2) is 69.0 Å². The van der Waals surface area contributed by atoms with Crippen LogP contribution in [0.1, 0.15) is 0 Å². The van der Waals surface area contributed by atoms with Crippen molar-refractivity contribution in [1.29, 1.82) is 0 Å². The van der Waals surface area contributed by atoms with Gasteiger partial charge in [-0.2, -0.15) is 0 Å². The Hall–Kier alpha value is -2.38. The molecule has 2 aromatic carbocycles. The molecule has 0 aromatic heterocycles. The number of carbonyl (C=O) groups is 1. The molecular weight excluding hydrogens is 410 g/mol. The van der Waals surface area contributed by atoms with Gasteiger partial charge in [0.05, 0.1) is 0 Å². The van der Waals surface area contributed by atoms with Gasteiger partial charge in [0.15, 0.2) is 0 Å². The van der Waals surface area contributed by atoms with E-state index in [1.807, 2.05) is 12.1 Å². The van der Waals surface area contributed by atoms with Crippen LogP contribution < -0.4 is 15.1 Å². The summed E-state index contributed by atoms with van der Waals surface area (Å²) in [5.74, 6) is -0.384. The average molecular weight is 437 g/mol. The lowest BCUT2D eigenvalue weighted by molar-refractivity contribution is -0.128. The number of alkyl halides is 1. The summed E-state index contributed by atoms with van der Waals surface area (Å²) in [5.41, 5.74) is 2.10. The van der Waals surface area contributed by atoms with Gasteiger partial charge in [0, 0.05) is 63.7 Å². The summed E-state index contributed by atoms with van der Waals surface area (Å²) >= 11 is 5.51. The van der Waals surface area contributed by atoms with E-state index in [2.05, 4.69) is 15.1 Å². The molecule has 2 aliphatic heterocycles. The average Bonchev–Trinajstić information content (AvgIpc) is 2.81. The quantitative estimate of drug-likeness (QED) is 0.751. The van der Waals surface area contributed by atoms with Crippen LogP contribution in [0.15, 0.2) is 48.5 Å². The Labute approximate surface area is 181 Å². The standard InChI is InChI=1S/C12H14ClFN2O.C10H13FN2/c13-9-12(17)16-7-5-15(6-8-16)11-3-1-10(14)2-4-11;11-9-1-3-10(4-2-9)13-7-5-12-6-8-13/h1-4H,5-9H2;1-4,12H,5-8H2. The van der Waals surface area contributed by atoms with E-state index in [1.165, 1.54) is 24.3 Å². The topological polar surface area (TPSA) is 38.8 Å². The van der Waals surface area contributed by atoms with E-state index >= 15 is 0 Å². The van der Waals surface area contributed by atoms with Crippen LogP contribution in [0.25, 0.3) is 0 Å². The Bertz CT molecular complexity index is 790. The molecule has 30 heavy (non-hydrogen) atoms. The van der Waals surface area contributed by atoms with Crippen LogP contribution >= 0.6 is 11.6 Å². The van der Waals surface area contributed by atoms with E-state index in [0.717, 1.165) is 50.6 Å². The van der Waals surface area contributed by atoms with Crippen LogP contribution in [-0.2, 0) is 4.79 Å². The van der Waals surface area contributed by atoms with Crippen molar-refractivity contribution in [1.82, 2.24) is 10.2 Å². The van der Waals surface area contributed by atoms with Crippen molar-refractivity contribution in [3.8, 4) is 0 Å². The Morgan fingerprint density at radius 1 is 0.767 bits per heavy atom. The maximum absolute atomic E-state index is 12.8. The largest absolute Gasteiger partial charge is 0.369 e. The molecule has 2 heterocycles. The zero-order chi connectivity index (χ0) is 21.3. The van der Waals surface area contributed by atoms with Crippen molar-refractivity contribution in [2.24, 2.45) is 0 Å². The van der Waals surface area contributed by atoms with Gasteiger partial charge >= 0.3 is 0 Å². The van der Waals surface area contributed by atoms with Crippen molar-refractivity contribution < 1.29 is 13.6 Å². The number of hydrogen-bond acceptors (Lipinski definition) is 4. The number of halogens is 3. The number of hydrogen-bond donors (Lipinski definition) is 1. The highest BCUT2D eigenvalue weighted by Gasteiger charge is 2.20. The van der Waals surface area contributed by atoms with Crippen LogP contribution in [0.4, 0.5) is 20.2 Å². The first kappa shape index (κ1) is 22.3. The molecule has 0 saturated carbocycles. The number of benzene rings is 2. The number of amides is 1. The molecule has 162 valence electrons. The lowest BCUT2D eigenvalue weighted by atomic mass is 10.2. The number of anilines is 2. The van der Waals surface area contributed by atoms with Gasteiger partial charge in [0.1, 0.15) is 17.5 Å². The minimum atomic E-state index is -0.232. The fraction of sp³-hybridized carbons (Fsp3) is 0.409. The summed E-state index contributed by atoms with van der Waals surface area (Å²) in [6.07, 6.45) is 0. The summed E-state index contributed by atoms with van der Waals surface area (Å²) < 4.78 is 25.4. The third-order valence-corrected chi connectivity index (χ3v) is 5.48. The Balaban J connectivity index is 0.000000177. The van der Waals surface area contributed by atoms with Crippen LogP contribution in [0.2, 0.25) is 0 Å². The predicted octanol–water partition coefficient (Wildman–Crippen LogP) is 2.95. The normalized spacial score (nSPS) is 16.7. The number of nitrogens with one attached hydrogen (secondary N) is 1. The predicted molar refractivity (Wildman–Crippen MR) is 117 cm³/mol. The van der Waals surface area contributed by atoms with Gasteiger partial charge in [0.2, 0.25) is 5.91 Å². The summed E-state index contributed by atoms with van der Waals surface area (Å²) in [5, 5.41) is 3.28. The van der Waals surface area contributed by atoms with Gasteiger partial charge < -0.3 is 20.0 Å². The molecule has 4 rings (SSSR count). The van der Waals surface area contributed by atoms with Crippen molar-refractivity contribution in [3.63, 3.8) is 0 Å². The zero-order valence-corrected chi connectivity index (χ0v) is 17.6. The molecule has 0 atom stereocenters. The number of nitrogens with zero attached hydrogens (tertiary/aromatic N) is 3. The third-order valence-electron chi connectivity index (χ3n) is 5.25. The minimum absolute atomic E-state index is 0.0228. The second-order valence-corrected chi connectivity index (χ2v) is 7.46. The molecule has 0 aliphatic carbocycles. The highest BCUT2D eigenvalue weighted by atomic mass is 35.5. The van der Waals surface area contributed by atoms with E-state index < -0.39 is 0 Å². The smallest absolute Gasteiger partial charge is 0.237 e. The van der Waals surface area contributed by atoms with Gasteiger partial charge in [-0.1, -0.05) is 0 Å². The van der Waals surface area contributed by atoms with Gasteiger partial charge in [0.25, 0.3) is 0 Å². The molecule has 1 N–H and O–H groups in total. The Morgan fingerprint density at radius 3 is 1.63 bits per heavy atom. The van der Waals surface area contributed by atoms with Crippen molar-refractivity contribution >= 4 is 28.9 Å². The molecule has 5 nitrogen and oxygen atoms in total. The lowest BCUT2D eigenvalue weighted by Crippen LogP contribution is -2.49. The molecule has 0 bridgehead atoms. The van der Waals surface area contributed by atoms with Crippen LogP contribution in [0, 0.1) is 11.6 Å². The summed E-state index contributed by atoms with van der Waals surface area (Å²) in [7, 11) is 0. The van der Waals surface area contributed by atoms with E-state index in [4.69, 9.17) is 11.6 Å². The molecule has 2 fully saturated rings. The summed E-state index contributed by atoms with van der Waals surface area (Å²) in [4.78, 5) is 17.5. The van der Waals surface area contributed by atoms with Gasteiger partial charge in [-0.05, 0) is 48.5 Å². The maximum atomic E-state index is 12.8. The SMILES string of the molecule is Fc1ccc(N2CCNCC2)cc1.O=C(CCl)N1CCN(c2ccc(F)cc2)CC1. The van der Waals surface area contributed by atoms with Gasteiger partial charge in [-0.3, -0.25) is 4.79 Å². The summed E-state index contributed by atoms with van der Waals surface area (Å²) in [6, 6.07) is 13.1. The van der Waals surface area contributed by atoms with E-state index in [0.29, 0.717) is 13.1 Å². The Kier molecular flexibility index (Phi) is 8.28. The first-order chi connectivity index (χ1) is 14.6. The van der Waals surface area contributed by atoms with Crippen molar-refractivity contribution in [3.05, 3.63) is 60.2 Å². The Morgan fingerprint density at radius 2 is 1.20 bits per heavy atom.